The Morgan fingerprint density at radius 2 is 2.35 bits per heavy atom. The number of ether oxygens (including phenoxy) is 3. The van der Waals surface area contributed by atoms with E-state index in [2.05, 4.69) is 0 Å². The Hall–Kier alpha value is -0.970. The topological polar surface area (TPSA) is 47.9 Å². The second kappa shape index (κ2) is 5.58. The van der Waals surface area contributed by atoms with Crippen molar-refractivity contribution >= 4 is 11.6 Å². The van der Waals surface area contributed by atoms with Crippen LogP contribution in [0.1, 0.15) is 12.0 Å². The molecule has 1 fully saturated rings. The van der Waals surface area contributed by atoms with Crippen LogP contribution in [0.4, 0.5) is 0 Å². The third kappa shape index (κ3) is 2.83. The Balaban J connectivity index is 2.28. The number of hydrogen-bond donors (Lipinski definition) is 1. The maximum atomic E-state index is 9.31. The van der Waals surface area contributed by atoms with Crippen molar-refractivity contribution in [2.45, 2.75) is 19.1 Å². The van der Waals surface area contributed by atoms with Crippen LogP contribution >= 0.6 is 11.6 Å². The van der Waals surface area contributed by atoms with Crippen molar-refractivity contribution in [2.75, 3.05) is 20.3 Å². The fraction of sp³-hybridized carbons (Fsp3) is 0.500. The molecule has 0 radical (unpaired) electrons. The Labute approximate surface area is 105 Å². The summed E-state index contributed by atoms with van der Waals surface area (Å²) in [7, 11) is 1.55. The van der Waals surface area contributed by atoms with Crippen LogP contribution in [0.2, 0.25) is 5.02 Å². The maximum Gasteiger partial charge on any atom is 0.167 e. The highest BCUT2D eigenvalue weighted by Crippen LogP contribution is 2.36. The lowest BCUT2D eigenvalue weighted by Crippen LogP contribution is -2.17. The summed E-state index contributed by atoms with van der Waals surface area (Å²) in [6.07, 6.45) is 0.854. The predicted octanol–water partition coefficient (Wildman–Crippen LogP) is 2.01. The van der Waals surface area contributed by atoms with Gasteiger partial charge in [0, 0.05) is 23.1 Å². The molecule has 1 aromatic carbocycles. The quantitative estimate of drug-likeness (QED) is 0.898. The highest BCUT2D eigenvalue weighted by atomic mass is 35.5. The molecule has 0 saturated carbocycles. The van der Waals surface area contributed by atoms with Crippen molar-refractivity contribution in [2.24, 2.45) is 0 Å². The van der Waals surface area contributed by atoms with Crippen LogP contribution in [0.25, 0.3) is 0 Å². The van der Waals surface area contributed by atoms with Gasteiger partial charge in [0.15, 0.2) is 11.5 Å². The maximum absolute atomic E-state index is 9.31. The van der Waals surface area contributed by atoms with Crippen molar-refractivity contribution in [1.29, 1.82) is 0 Å². The van der Waals surface area contributed by atoms with Crippen LogP contribution in [-0.4, -0.2) is 31.5 Å². The normalized spacial score (nSPS) is 19.4. The average Bonchev–Trinajstić information content (AvgIpc) is 2.83. The number of aliphatic hydroxyl groups excluding tert-OH is 1. The molecule has 5 heteroatoms. The van der Waals surface area contributed by atoms with Crippen LogP contribution in [0.5, 0.6) is 11.5 Å². The van der Waals surface area contributed by atoms with Gasteiger partial charge in [-0.1, -0.05) is 11.6 Å². The highest BCUT2D eigenvalue weighted by Gasteiger charge is 2.21. The molecule has 0 bridgehead atoms. The van der Waals surface area contributed by atoms with Crippen molar-refractivity contribution in [3.63, 3.8) is 0 Å². The van der Waals surface area contributed by atoms with Crippen LogP contribution in [-0.2, 0) is 11.3 Å². The zero-order valence-electron chi connectivity index (χ0n) is 9.61. The summed E-state index contributed by atoms with van der Waals surface area (Å²) in [5.41, 5.74) is 0.626. The molecule has 1 heterocycles. The van der Waals surface area contributed by atoms with Crippen molar-refractivity contribution in [3.8, 4) is 11.5 Å². The zero-order valence-corrected chi connectivity index (χ0v) is 10.4. The van der Waals surface area contributed by atoms with Crippen LogP contribution < -0.4 is 9.47 Å². The number of rotatable bonds is 4. The molecule has 0 amide bonds. The van der Waals surface area contributed by atoms with E-state index in [1.54, 1.807) is 19.2 Å². The summed E-state index contributed by atoms with van der Waals surface area (Å²) >= 11 is 5.92. The lowest BCUT2D eigenvalue weighted by atomic mass is 10.2. The Kier molecular flexibility index (Phi) is 4.10. The van der Waals surface area contributed by atoms with Gasteiger partial charge in [-0.05, 0) is 6.07 Å². The Bertz CT molecular complexity index is 363. The first-order valence-electron chi connectivity index (χ1n) is 5.46. The van der Waals surface area contributed by atoms with Gasteiger partial charge in [0.05, 0.1) is 26.9 Å². The molecule has 1 aliphatic rings. The molecule has 1 atom stereocenters. The summed E-state index contributed by atoms with van der Waals surface area (Å²) < 4.78 is 16.3. The average molecular weight is 259 g/mol. The van der Waals surface area contributed by atoms with Gasteiger partial charge in [-0.3, -0.25) is 0 Å². The molecule has 4 nitrogen and oxygen atoms in total. The molecule has 0 aliphatic carbocycles. The monoisotopic (exact) mass is 258 g/mol. The van der Waals surface area contributed by atoms with E-state index in [1.807, 2.05) is 0 Å². The third-order valence-corrected chi connectivity index (χ3v) is 2.88. The SMILES string of the molecule is COc1cc(Cl)cc(CO)c1OC1CCOC1. The lowest BCUT2D eigenvalue weighted by molar-refractivity contribution is 0.136. The Morgan fingerprint density at radius 3 is 2.94 bits per heavy atom. The van der Waals surface area contributed by atoms with Crippen LogP contribution in [0, 0.1) is 0 Å². The summed E-state index contributed by atoms with van der Waals surface area (Å²) in [5, 5.41) is 9.83. The molecular formula is C12H15ClO4. The second-order valence-electron chi connectivity index (χ2n) is 3.86. The minimum atomic E-state index is -0.139. The van der Waals surface area contributed by atoms with E-state index in [9.17, 15) is 5.11 Å². The molecule has 1 unspecified atom stereocenters. The van der Waals surface area contributed by atoms with Gasteiger partial charge in [0.1, 0.15) is 6.10 Å². The van der Waals surface area contributed by atoms with Gasteiger partial charge in [0.25, 0.3) is 0 Å². The molecule has 17 heavy (non-hydrogen) atoms. The van der Waals surface area contributed by atoms with Gasteiger partial charge < -0.3 is 19.3 Å². The van der Waals surface area contributed by atoms with Crippen molar-refractivity contribution in [3.05, 3.63) is 22.7 Å². The van der Waals surface area contributed by atoms with E-state index in [0.29, 0.717) is 35.3 Å². The van der Waals surface area contributed by atoms with Gasteiger partial charge in [0.2, 0.25) is 0 Å². The van der Waals surface area contributed by atoms with Crippen LogP contribution in [0.15, 0.2) is 12.1 Å². The third-order valence-electron chi connectivity index (χ3n) is 2.66. The van der Waals surface area contributed by atoms with Crippen molar-refractivity contribution in [1.82, 2.24) is 0 Å². The molecule has 1 aromatic rings. The number of methoxy groups -OCH3 is 1. The number of halogens is 1. The standard InChI is InChI=1S/C12H15ClO4/c1-15-11-5-9(13)4-8(6-14)12(11)17-10-2-3-16-7-10/h4-5,10,14H,2-3,6-7H2,1H3. The van der Waals surface area contributed by atoms with Crippen LogP contribution in [0.3, 0.4) is 0 Å². The smallest absolute Gasteiger partial charge is 0.167 e. The van der Waals surface area contributed by atoms with E-state index < -0.39 is 0 Å². The number of hydrogen-bond acceptors (Lipinski definition) is 4. The fourth-order valence-corrected chi connectivity index (χ4v) is 2.03. The molecule has 2 rings (SSSR count). The first kappa shape index (κ1) is 12.5. The molecular weight excluding hydrogens is 244 g/mol. The van der Waals surface area contributed by atoms with E-state index in [-0.39, 0.29) is 12.7 Å². The highest BCUT2D eigenvalue weighted by molar-refractivity contribution is 6.30. The molecule has 1 N–H and O–H groups in total. The van der Waals surface area contributed by atoms with Crippen molar-refractivity contribution < 1.29 is 19.3 Å². The van der Waals surface area contributed by atoms with E-state index in [4.69, 9.17) is 25.8 Å². The minimum Gasteiger partial charge on any atom is -0.493 e. The molecule has 94 valence electrons. The summed E-state index contributed by atoms with van der Waals surface area (Å²) in [5.74, 6) is 1.09. The van der Waals surface area contributed by atoms with E-state index in [0.717, 1.165) is 6.42 Å². The van der Waals surface area contributed by atoms with E-state index in [1.165, 1.54) is 0 Å². The molecule has 1 saturated heterocycles. The summed E-state index contributed by atoms with van der Waals surface area (Å²) in [6, 6.07) is 3.35. The minimum absolute atomic E-state index is 0.00961. The van der Waals surface area contributed by atoms with Gasteiger partial charge in [-0.25, -0.2) is 0 Å². The number of aliphatic hydroxyl groups is 1. The zero-order chi connectivity index (χ0) is 12.3. The van der Waals surface area contributed by atoms with Gasteiger partial charge >= 0.3 is 0 Å². The second-order valence-corrected chi connectivity index (χ2v) is 4.29. The molecule has 0 spiro atoms. The molecule has 1 aliphatic heterocycles. The summed E-state index contributed by atoms with van der Waals surface area (Å²) in [4.78, 5) is 0. The molecule has 0 aromatic heterocycles. The van der Waals surface area contributed by atoms with E-state index >= 15 is 0 Å². The number of benzene rings is 1. The first-order valence-corrected chi connectivity index (χ1v) is 5.84. The lowest BCUT2D eigenvalue weighted by Gasteiger charge is -2.18. The summed E-state index contributed by atoms with van der Waals surface area (Å²) in [6.45, 7) is 1.13. The van der Waals surface area contributed by atoms with Gasteiger partial charge in [-0.15, -0.1) is 0 Å². The first-order chi connectivity index (χ1) is 8.24. The van der Waals surface area contributed by atoms with Gasteiger partial charge in [-0.2, -0.15) is 0 Å². The fourth-order valence-electron chi connectivity index (χ4n) is 1.80. The predicted molar refractivity (Wildman–Crippen MR) is 63.8 cm³/mol. The largest absolute Gasteiger partial charge is 0.493 e. The Morgan fingerprint density at radius 1 is 1.53 bits per heavy atom.